The molecule has 3 nitrogen and oxygen atoms in total. The molecule has 0 bridgehead atoms. The van der Waals surface area contributed by atoms with Gasteiger partial charge in [0, 0.05) is 17.7 Å². The van der Waals surface area contributed by atoms with Gasteiger partial charge >= 0.3 is 5.97 Å². The van der Waals surface area contributed by atoms with Crippen LogP contribution in [0.5, 0.6) is 0 Å². The third-order valence-corrected chi connectivity index (χ3v) is 3.75. The van der Waals surface area contributed by atoms with Crippen LogP contribution in [0.2, 0.25) is 0 Å². The van der Waals surface area contributed by atoms with Crippen LogP contribution in [0.1, 0.15) is 10.8 Å². The Hall–Kier alpha value is -1.00. The van der Waals surface area contributed by atoms with Crippen LogP contribution in [0.15, 0.2) is 30.3 Å². The molecule has 15 heavy (non-hydrogen) atoms. The molecule has 1 fully saturated rings. The van der Waals surface area contributed by atoms with Crippen molar-refractivity contribution >= 4 is 17.7 Å². The summed E-state index contributed by atoms with van der Waals surface area (Å²) >= 11 is 1.81. The van der Waals surface area contributed by atoms with Gasteiger partial charge in [0.05, 0.1) is 6.54 Å². The van der Waals surface area contributed by atoms with Crippen molar-refractivity contribution in [3.63, 3.8) is 0 Å². The van der Waals surface area contributed by atoms with Gasteiger partial charge in [-0.25, -0.2) is 0 Å². The minimum atomic E-state index is -0.746. The van der Waals surface area contributed by atoms with Gasteiger partial charge in [-0.3, -0.25) is 9.69 Å². The predicted octanol–water partition coefficient (Wildman–Crippen LogP) is 1.82. The fourth-order valence-corrected chi connectivity index (χ4v) is 2.96. The van der Waals surface area contributed by atoms with Crippen LogP contribution < -0.4 is 0 Å². The van der Waals surface area contributed by atoms with E-state index < -0.39 is 5.97 Å². The first-order valence-corrected chi connectivity index (χ1v) is 5.91. The Morgan fingerprint density at radius 3 is 2.87 bits per heavy atom. The molecular formula is C11H13NO2S. The highest BCUT2D eigenvalue weighted by molar-refractivity contribution is 7.99. The molecule has 1 aromatic carbocycles. The van der Waals surface area contributed by atoms with Crippen molar-refractivity contribution < 1.29 is 9.90 Å². The molecule has 1 unspecified atom stereocenters. The first-order valence-electron chi connectivity index (χ1n) is 4.86. The van der Waals surface area contributed by atoms with Crippen LogP contribution in [-0.2, 0) is 4.79 Å². The molecule has 1 aliphatic rings. The molecule has 4 heteroatoms. The second-order valence-corrected chi connectivity index (χ2v) is 4.76. The van der Waals surface area contributed by atoms with Crippen molar-refractivity contribution in [2.75, 3.05) is 19.0 Å². The summed E-state index contributed by atoms with van der Waals surface area (Å²) in [4.78, 5) is 12.5. The van der Waals surface area contributed by atoms with Crippen LogP contribution in [0.3, 0.4) is 0 Å². The topological polar surface area (TPSA) is 40.5 Å². The first kappa shape index (κ1) is 10.5. The van der Waals surface area contributed by atoms with E-state index in [4.69, 9.17) is 5.11 Å². The maximum absolute atomic E-state index is 10.5. The van der Waals surface area contributed by atoms with Gasteiger partial charge < -0.3 is 5.11 Å². The Balaban J connectivity index is 1.96. The minimum absolute atomic E-state index is 0.149. The van der Waals surface area contributed by atoms with Crippen molar-refractivity contribution in [2.24, 2.45) is 0 Å². The molecule has 1 aromatic rings. The van der Waals surface area contributed by atoms with Gasteiger partial charge in [0.2, 0.25) is 0 Å². The summed E-state index contributed by atoms with van der Waals surface area (Å²) in [5, 5.41) is 9.10. The van der Waals surface area contributed by atoms with E-state index >= 15 is 0 Å². The molecule has 2 rings (SSSR count). The summed E-state index contributed by atoms with van der Waals surface area (Å²) in [5.41, 5.74) is 1.29. The number of rotatable bonds is 3. The van der Waals surface area contributed by atoms with Crippen molar-refractivity contribution in [1.82, 2.24) is 4.90 Å². The van der Waals surface area contributed by atoms with Crippen LogP contribution in [0, 0.1) is 0 Å². The van der Waals surface area contributed by atoms with Gasteiger partial charge in [-0.05, 0) is 5.56 Å². The Morgan fingerprint density at radius 1 is 1.47 bits per heavy atom. The Kier molecular flexibility index (Phi) is 3.28. The van der Waals surface area contributed by atoms with E-state index in [0.29, 0.717) is 5.25 Å². The number of thioether (sulfide) groups is 1. The fraction of sp³-hybridized carbons (Fsp3) is 0.364. The second-order valence-electron chi connectivity index (χ2n) is 3.60. The maximum Gasteiger partial charge on any atom is 0.317 e. The zero-order valence-electron chi connectivity index (χ0n) is 8.30. The first-order chi connectivity index (χ1) is 7.25. The molecular weight excluding hydrogens is 210 g/mol. The largest absolute Gasteiger partial charge is 0.480 e. The molecule has 1 atom stereocenters. The molecule has 1 N–H and O–H groups in total. The number of benzene rings is 1. The Morgan fingerprint density at radius 2 is 2.20 bits per heavy atom. The van der Waals surface area contributed by atoms with E-state index in [-0.39, 0.29) is 6.54 Å². The molecule has 0 aromatic heterocycles. The summed E-state index contributed by atoms with van der Waals surface area (Å²) in [6.45, 7) is 0.983. The zero-order valence-corrected chi connectivity index (χ0v) is 9.11. The summed E-state index contributed by atoms with van der Waals surface area (Å²) < 4.78 is 0. The van der Waals surface area contributed by atoms with Crippen LogP contribution in [0.4, 0.5) is 0 Å². The van der Waals surface area contributed by atoms with Crippen molar-refractivity contribution in [3.05, 3.63) is 35.9 Å². The minimum Gasteiger partial charge on any atom is -0.480 e. The number of aliphatic carboxylic acids is 1. The molecule has 80 valence electrons. The maximum atomic E-state index is 10.5. The third-order valence-electron chi connectivity index (χ3n) is 2.41. The fourth-order valence-electron chi connectivity index (χ4n) is 1.71. The summed E-state index contributed by atoms with van der Waals surface area (Å²) in [6, 6.07) is 10.2. The van der Waals surface area contributed by atoms with Gasteiger partial charge in [-0.2, -0.15) is 0 Å². The Labute approximate surface area is 93.1 Å². The lowest BCUT2D eigenvalue weighted by Gasteiger charge is -2.11. The number of carbonyl (C=O) groups is 1. The third kappa shape index (κ3) is 2.73. The standard InChI is InChI=1S/C11H13NO2S/c13-11(14)7-12-6-10(15-8-12)9-4-2-1-3-5-9/h1-5,10H,6-8H2,(H,13,14). The van der Waals surface area contributed by atoms with Crippen LogP contribution >= 0.6 is 11.8 Å². The SMILES string of the molecule is O=C(O)CN1CSC(c2ccccc2)C1. The number of hydrogen-bond acceptors (Lipinski definition) is 3. The molecule has 0 spiro atoms. The summed E-state index contributed by atoms with van der Waals surface area (Å²) in [6.07, 6.45) is 0. The van der Waals surface area contributed by atoms with E-state index in [2.05, 4.69) is 12.1 Å². The van der Waals surface area contributed by atoms with E-state index in [1.54, 1.807) is 0 Å². The molecule has 0 aliphatic carbocycles. The highest BCUT2D eigenvalue weighted by Crippen LogP contribution is 2.35. The number of hydrogen-bond donors (Lipinski definition) is 1. The summed E-state index contributed by atoms with van der Waals surface area (Å²) in [7, 11) is 0. The molecule has 1 heterocycles. The molecule has 0 saturated carbocycles. The number of carboxylic acids is 1. The quantitative estimate of drug-likeness (QED) is 0.848. The molecule has 1 aliphatic heterocycles. The number of nitrogens with zero attached hydrogens (tertiary/aromatic N) is 1. The highest BCUT2D eigenvalue weighted by Gasteiger charge is 2.25. The van der Waals surface area contributed by atoms with Gasteiger partial charge in [0.1, 0.15) is 0 Å². The highest BCUT2D eigenvalue weighted by atomic mass is 32.2. The predicted molar refractivity (Wildman–Crippen MR) is 60.8 cm³/mol. The van der Waals surface area contributed by atoms with Crippen molar-refractivity contribution in [1.29, 1.82) is 0 Å². The van der Waals surface area contributed by atoms with Crippen molar-refractivity contribution in [2.45, 2.75) is 5.25 Å². The lowest BCUT2D eigenvalue weighted by Crippen LogP contribution is -2.27. The second kappa shape index (κ2) is 4.68. The lowest BCUT2D eigenvalue weighted by atomic mass is 10.1. The molecule has 0 radical (unpaired) electrons. The molecule has 1 saturated heterocycles. The molecule has 0 amide bonds. The van der Waals surface area contributed by atoms with Gasteiger partial charge in [-0.1, -0.05) is 30.3 Å². The zero-order chi connectivity index (χ0) is 10.7. The van der Waals surface area contributed by atoms with Gasteiger partial charge in [0.15, 0.2) is 0 Å². The van der Waals surface area contributed by atoms with E-state index in [0.717, 1.165) is 12.4 Å². The summed E-state index contributed by atoms with van der Waals surface area (Å²) in [5.74, 6) is 0.0654. The van der Waals surface area contributed by atoms with Crippen molar-refractivity contribution in [3.8, 4) is 0 Å². The normalized spacial score (nSPS) is 21.7. The van der Waals surface area contributed by atoms with E-state index in [1.165, 1.54) is 5.56 Å². The smallest absolute Gasteiger partial charge is 0.317 e. The Bertz CT molecular complexity index is 342. The van der Waals surface area contributed by atoms with E-state index in [9.17, 15) is 4.79 Å². The average Bonchev–Trinajstić information content (AvgIpc) is 2.67. The number of carboxylic acid groups (broad SMARTS) is 1. The lowest BCUT2D eigenvalue weighted by molar-refractivity contribution is -0.137. The average molecular weight is 223 g/mol. The van der Waals surface area contributed by atoms with Crippen LogP contribution in [-0.4, -0.2) is 34.9 Å². The van der Waals surface area contributed by atoms with E-state index in [1.807, 2.05) is 34.9 Å². The van der Waals surface area contributed by atoms with Gasteiger partial charge in [-0.15, -0.1) is 11.8 Å². The van der Waals surface area contributed by atoms with Crippen LogP contribution in [0.25, 0.3) is 0 Å². The van der Waals surface area contributed by atoms with Gasteiger partial charge in [0.25, 0.3) is 0 Å². The monoisotopic (exact) mass is 223 g/mol.